The van der Waals surface area contributed by atoms with Gasteiger partial charge in [-0.15, -0.1) is 0 Å². The van der Waals surface area contributed by atoms with Crippen molar-refractivity contribution in [2.75, 3.05) is 0 Å². The maximum Gasteiger partial charge on any atom is 0.306 e. The number of carbonyl (C=O) groups is 2. The third kappa shape index (κ3) is 3.59. The predicted molar refractivity (Wildman–Crippen MR) is 76.1 cm³/mol. The Kier molecular flexibility index (Phi) is 4.77. The van der Waals surface area contributed by atoms with Crippen molar-refractivity contribution in [3.05, 3.63) is 35.9 Å². The van der Waals surface area contributed by atoms with Gasteiger partial charge in [-0.1, -0.05) is 36.8 Å². The SMILES string of the molecule is C[C@@H](NC(=O)C1CCCC(C(=O)O)C1)c1ccccc1. The van der Waals surface area contributed by atoms with Gasteiger partial charge in [-0.25, -0.2) is 0 Å². The largest absolute Gasteiger partial charge is 0.481 e. The standard InChI is InChI=1S/C16H21NO3/c1-11(12-6-3-2-4-7-12)17-15(18)13-8-5-9-14(10-13)16(19)20/h2-4,6-7,11,13-14H,5,8-10H2,1H3,(H,17,18)(H,19,20)/t11-,13?,14?/m1/s1. The van der Waals surface area contributed by atoms with E-state index in [1.165, 1.54) is 0 Å². The van der Waals surface area contributed by atoms with E-state index in [2.05, 4.69) is 5.32 Å². The Hall–Kier alpha value is -1.84. The molecule has 2 rings (SSSR count). The third-order valence-electron chi connectivity index (χ3n) is 4.05. The van der Waals surface area contributed by atoms with Crippen LogP contribution < -0.4 is 5.32 Å². The zero-order chi connectivity index (χ0) is 14.5. The lowest BCUT2D eigenvalue weighted by atomic mass is 9.81. The number of hydrogen-bond donors (Lipinski definition) is 2. The van der Waals surface area contributed by atoms with Gasteiger partial charge in [0.15, 0.2) is 0 Å². The summed E-state index contributed by atoms with van der Waals surface area (Å²) in [7, 11) is 0. The highest BCUT2D eigenvalue weighted by Gasteiger charge is 2.31. The second-order valence-corrected chi connectivity index (χ2v) is 5.54. The molecule has 4 heteroatoms. The fourth-order valence-electron chi connectivity index (χ4n) is 2.81. The van der Waals surface area contributed by atoms with E-state index >= 15 is 0 Å². The van der Waals surface area contributed by atoms with Gasteiger partial charge < -0.3 is 10.4 Å². The van der Waals surface area contributed by atoms with E-state index in [0.717, 1.165) is 18.4 Å². The summed E-state index contributed by atoms with van der Waals surface area (Å²) in [5.41, 5.74) is 1.06. The van der Waals surface area contributed by atoms with Crippen LogP contribution in [0.2, 0.25) is 0 Å². The Morgan fingerprint density at radius 1 is 1.20 bits per heavy atom. The smallest absolute Gasteiger partial charge is 0.306 e. The maximum absolute atomic E-state index is 12.2. The molecule has 0 spiro atoms. The summed E-state index contributed by atoms with van der Waals surface area (Å²) in [6.07, 6.45) is 2.75. The van der Waals surface area contributed by atoms with Crippen LogP contribution in [0.15, 0.2) is 30.3 Å². The van der Waals surface area contributed by atoms with Gasteiger partial charge in [0, 0.05) is 5.92 Å². The molecule has 2 unspecified atom stereocenters. The topological polar surface area (TPSA) is 66.4 Å². The normalized spacial score (nSPS) is 23.9. The minimum absolute atomic E-state index is 0.0210. The van der Waals surface area contributed by atoms with Crippen molar-refractivity contribution in [3.8, 4) is 0 Å². The Morgan fingerprint density at radius 2 is 1.85 bits per heavy atom. The molecule has 2 N–H and O–H groups in total. The average molecular weight is 275 g/mol. The molecule has 4 nitrogen and oxygen atoms in total. The first-order valence-corrected chi connectivity index (χ1v) is 7.16. The van der Waals surface area contributed by atoms with Crippen LogP contribution in [0.4, 0.5) is 0 Å². The van der Waals surface area contributed by atoms with Crippen molar-refractivity contribution in [2.24, 2.45) is 11.8 Å². The molecule has 0 bridgehead atoms. The summed E-state index contributed by atoms with van der Waals surface area (Å²) >= 11 is 0. The van der Waals surface area contributed by atoms with Crippen molar-refractivity contribution < 1.29 is 14.7 Å². The Labute approximate surface area is 119 Å². The number of carboxylic acid groups (broad SMARTS) is 1. The molecule has 0 radical (unpaired) electrons. The van der Waals surface area contributed by atoms with Crippen molar-refractivity contribution in [1.82, 2.24) is 5.32 Å². The Balaban J connectivity index is 1.93. The van der Waals surface area contributed by atoms with Gasteiger partial charge in [0.2, 0.25) is 5.91 Å². The van der Waals surface area contributed by atoms with Gasteiger partial charge >= 0.3 is 5.97 Å². The highest BCUT2D eigenvalue weighted by atomic mass is 16.4. The van der Waals surface area contributed by atoms with Gasteiger partial charge in [0.05, 0.1) is 12.0 Å². The van der Waals surface area contributed by atoms with Crippen LogP contribution in [0.1, 0.15) is 44.2 Å². The first-order chi connectivity index (χ1) is 9.58. The van der Waals surface area contributed by atoms with E-state index in [0.29, 0.717) is 12.8 Å². The first kappa shape index (κ1) is 14.6. The van der Waals surface area contributed by atoms with E-state index in [1.54, 1.807) is 0 Å². The summed E-state index contributed by atoms with van der Waals surface area (Å²) in [6, 6.07) is 9.74. The number of rotatable bonds is 4. The van der Waals surface area contributed by atoms with Gasteiger partial charge in [-0.3, -0.25) is 9.59 Å². The lowest BCUT2D eigenvalue weighted by Crippen LogP contribution is -2.36. The number of hydrogen-bond acceptors (Lipinski definition) is 2. The molecule has 1 aromatic rings. The molecule has 1 amide bonds. The number of nitrogens with one attached hydrogen (secondary N) is 1. The van der Waals surface area contributed by atoms with Crippen LogP contribution >= 0.6 is 0 Å². The maximum atomic E-state index is 12.2. The molecule has 3 atom stereocenters. The fraction of sp³-hybridized carbons (Fsp3) is 0.500. The summed E-state index contributed by atoms with van der Waals surface area (Å²) in [6.45, 7) is 1.95. The average Bonchev–Trinajstić information content (AvgIpc) is 2.48. The molecule has 1 saturated carbocycles. The summed E-state index contributed by atoms with van der Waals surface area (Å²) in [5.74, 6) is -1.34. The molecule has 0 heterocycles. The lowest BCUT2D eigenvalue weighted by molar-refractivity contribution is -0.144. The van der Waals surface area contributed by atoms with Gasteiger partial charge in [0.25, 0.3) is 0 Å². The zero-order valence-corrected chi connectivity index (χ0v) is 11.7. The minimum atomic E-state index is -0.779. The van der Waals surface area contributed by atoms with E-state index in [9.17, 15) is 9.59 Å². The van der Waals surface area contributed by atoms with Crippen LogP contribution in [0.5, 0.6) is 0 Å². The quantitative estimate of drug-likeness (QED) is 0.888. The number of benzene rings is 1. The molecule has 20 heavy (non-hydrogen) atoms. The molecule has 1 aliphatic carbocycles. The number of aliphatic carboxylic acids is 1. The third-order valence-corrected chi connectivity index (χ3v) is 4.05. The molecule has 0 aliphatic heterocycles. The Bertz CT molecular complexity index is 472. The van der Waals surface area contributed by atoms with Gasteiger partial charge in [-0.2, -0.15) is 0 Å². The summed E-state index contributed by atoms with van der Waals surface area (Å²) in [5, 5.41) is 12.1. The molecule has 108 valence electrons. The first-order valence-electron chi connectivity index (χ1n) is 7.16. The van der Waals surface area contributed by atoms with Gasteiger partial charge in [0.1, 0.15) is 0 Å². The monoisotopic (exact) mass is 275 g/mol. The van der Waals surface area contributed by atoms with Crippen LogP contribution in [0, 0.1) is 11.8 Å². The Morgan fingerprint density at radius 3 is 2.50 bits per heavy atom. The lowest BCUT2D eigenvalue weighted by Gasteiger charge is -2.27. The molecule has 1 aromatic carbocycles. The van der Waals surface area contributed by atoms with E-state index < -0.39 is 5.97 Å². The number of carboxylic acids is 1. The van der Waals surface area contributed by atoms with Crippen molar-refractivity contribution in [1.29, 1.82) is 0 Å². The van der Waals surface area contributed by atoms with E-state index in [4.69, 9.17) is 5.11 Å². The van der Waals surface area contributed by atoms with Crippen LogP contribution in [-0.2, 0) is 9.59 Å². The molecule has 0 aromatic heterocycles. The van der Waals surface area contributed by atoms with Crippen LogP contribution in [0.25, 0.3) is 0 Å². The van der Waals surface area contributed by atoms with E-state index in [1.807, 2.05) is 37.3 Å². The fourth-order valence-corrected chi connectivity index (χ4v) is 2.81. The predicted octanol–water partition coefficient (Wildman–Crippen LogP) is 2.75. The molecular weight excluding hydrogens is 254 g/mol. The molecule has 1 aliphatic rings. The van der Waals surface area contributed by atoms with Crippen LogP contribution in [0.3, 0.4) is 0 Å². The number of carbonyl (C=O) groups excluding carboxylic acids is 1. The minimum Gasteiger partial charge on any atom is -0.481 e. The zero-order valence-electron chi connectivity index (χ0n) is 11.7. The molecule has 0 saturated heterocycles. The molecule has 1 fully saturated rings. The highest BCUT2D eigenvalue weighted by Crippen LogP contribution is 2.29. The second kappa shape index (κ2) is 6.55. The van der Waals surface area contributed by atoms with Gasteiger partial charge in [-0.05, 0) is 31.7 Å². The van der Waals surface area contributed by atoms with E-state index in [-0.39, 0.29) is 23.8 Å². The highest BCUT2D eigenvalue weighted by molar-refractivity contribution is 5.80. The number of amides is 1. The van der Waals surface area contributed by atoms with Crippen molar-refractivity contribution in [3.63, 3.8) is 0 Å². The second-order valence-electron chi connectivity index (χ2n) is 5.54. The molecular formula is C16H21NO3. The van der Waals surface area contributed by atoms with Crippen molar-refractivity contribution >= 4 is 11.9 Å². The summed E-state index contributed by atoms with van der Waals surface area (Å²) < 4.78 is 0. The van der Waals surface area contributed by atoms with Crippen LogP contribution in [-0.4, -0.2) is 17.0 Å². The van der Waals surface area contributed by atoms with Crippen molar-refractivity contribution in [2.45, 2.75) is 38.6 Å². The summed E-state index contributed by atoms with van der Waals surface area (Å²) in [4.78, 5) is 23.3.